The molecule has 2 amide bonds. The summed E-state index contributed by atoms with van der Waals surface area (Å²) < 4.78 is 6.15. The predicted molar refractivity (Wildman–Crippen MR) is 164 cm³/mol. The van der Waals surface area contributed by atoms with Gasteiger partial charge >= 0.3 is 7.12 Å². The minimum Gasteiger partial charge on any atom is -0.507 e. The molecule has 0 bridgehead atoms. The summed E-state index contributed by atoms with van der Waals surface area (Å²) in [4.78, 5) is 34.2. The first-order valence-electron chi connectivity index (χ1n) is 14.5. The van der Waals surface area contributed by atoms with E-state index in [1.165, 1.54) is 4.90 Å². The Morgan fingerprint density at radius 2 is 1.90 bits per heavy atom. The number of aromatic nitrogens is 1. The number of carbonyl (C=O) groups is 2. The van der Waals surface area contributed by atoms with Crippen LogP contribution in [0.3, 0.4) is 0 Å². The average Bonchev–Trinajstić information content (AvgIpc) is 3.57. The Balaban J connectivity index is 1.28. The van der Waals surface area contributed by atoms with Gasteiger partial charge in [-0.25, -0.2) is 0 Å². The third kappa shape index (κ3) is 5.37. The molecule has 2 saturated heterocycles. The summed E-state index contributed by atoms with van der Waals surface area (Å²) in [5.74, 6) is -1.02. The summed E-state index contributed by atoms with van der Waals surface area (Å²) in [6, 6.07) is 13.6. The van der Waals surface area contributed by atoms with Gasteiger partial charge in [-0.1, -0.05) is 17.7 Å². The number of rotatable bonds is 7. The molecule has 42 heavy (non-hydrogen) atoms. The van der Waals surface area contributed by atoms with Gasteiger partial charge in [0.25, 0.3) is 0 Å². The second kappa shape index (κ2) is 11.6. The molecular weight excluding hydrogens is 547 g/mol. The van der Waals surface area contributed by atoms with E-state index in [1.54, 1.807) is 17.5 Å². The lowest BCUT2D eigenvalue weighted by molar-refractivity contribution is -0.140. The van der Waals surface area contributed by atoms with Crippen LogP contribution < -0.4 is 0 Å². The van der Waals surface area contributed by atoms with Crippen molar-refractivity contribution in [3.63, 3.8) is 0 Å². The number of likely N-dealkylation sites (tertiary alicyclic amines) is 1. The van der Waals surface area contributed by atoms with Crippen LogP contribution in [-0.4, -0.2) is 45.1 Å². The molecular formula is C33H35BN2O5S. The third-order valence-corrected chi connectivity index (χ3v) is 9.82. The van der Waals surface area contributed by atoms with E-state index in [0.29, 0.717) is 37.9 Å². The predicted octanol–water partition coefficient (Wildman–Crippen LogP) is 5.80. The molecule has 0 radical (unpaired) electrons. The van der Waals surface area contributed by atoms with Crippen molar-refractivity contribution < 1.29 is 24.4 Å². The number of thiophene rings is 1. The number of amides is 2. The number of fused-ring (bicyclic) bond motifs is 3. The van der Waals surface area contributed by atoms with Gasteiger partial charge in [-0.05, 0) is 122 Å². The molecule has 3 aromatic rings. The number of nitrogens with zero attached hydrogens (tertiary/aromatic N) is 2. The van der Waals surface area contributed by atoms with Gasteiger partial charge in [-0.15, -0.1) is 11.3 Å². The largest absolute Gasteiger partial charge is 0.507 e. The SMILES string of the molecule is CC1=C2[C@@H](CC/C(=C/c3cc(C)c(O)c(C)c3)c3ccccn3)OB(O)C[C@@H]2[C@@H]2C(=O)N(Cc3cccs3)C(=O)[C@@H]2C1. The number of carbonyl (C=O) groups excluding carboxylic acids is 2. The van der Waals surface area contributed by atoms with Crippen LogP contribution in [0, 0.1) is 31.6 Å². The number of aryl methyl sites for hydroxylation is 2. The standard InChI is InChI=1S/C33H35BN2O5S/c1-19-15-25-30(33(39)36(32(25)38)18-24-7-6-12-42-24)26-17-34(40)41-28(29(19)26)10-9-23(27-8-4-5-11-35-27)16-22-13-20(2)31(37)21(3)14-22/h4-8,11-14,16,25-26,28,30,37,40H,9-10,15,17-18H2,1-3H3/b23-16-/t25-,26+,28-,30-/m1/s1. The zero-order valence-electron chi connectivity index (χ0n) is 24.1. The molecule has 1 aromatic carbocycles. The fourth-order valence-corrected chi connectivity index (χ4v) is 7.78. The maximum Gasteiger partial charge on any atom is 0.455 e. The van der Waals surface area contributed by atoms with E-state index in [1.807, 2.05) is 68.6 Å². The molecule has 6 rings (SSSR count). The average molecular weight is 583 g/mol. The Morgan fingerprint density at radius 3 is 2.60 bits per heavy atom. The van der Waals surface area contributed by atoms with E-state index < -0.39 is 13.0 Å². The van der Waals surface area contributed by atoms with Gasteiger partial charge in [-0.3, -0.25) is 19.5 Å². The highest BCUT2D eigenvalue weighted by Gasteiger charge is 2.56. The molecule has 4 atom stereocenters. The lowest BCUT2D eigenvalue weighted by atomic mass is 9.58. The molecule has 2 aromatic heterocycles. The summed E-state index contributed by atoms with van der Waals surface area (Å²) in [6.07, 6.45) is 5.56. The maximum atomic E-state index is 13.7. The molecule has 9 heteroatoms. The van der Waals surface area contributed by atoms with E-state index in [4.69, 9.17) is 4.65 Å². The smallest absolute Gasteiger partial charge is 0.455 e. The quantitative estimate of drug-likeness (QED) is 0.208. The van der Waals surface area contributed by atoms with E-state index >= 15 is 0 Å². The molecule has 4 heterocycles. The Morgan fingerprint density at radius 1 is 1.12 bits per heavy atom. The van der Waals surface area contributed by atoms with Gasteiger partial charge in [0.15, 0.2) is 0 Å². The second-order valence-corrected chi connectivity index (χ2v) is 12.8. The number of allylic oxidation sites excluding steroid dienone is 2. The minimum absolute atomic E-state index is 0.103. The lowest BCUT2D eigenvalue weighted by Crippen LogP contribution is -2.46. The van der Waals surface area contributed by atoms with Crippen LogP contribution in [0.25, 0.3) is 11.6 Å². The fraction of sp³-hybridized carbons (Fsp3) is 0.364. The van der Waals surface area contributed by atoms with Gasteiger partial charge in [0.2, 0.25) is 11.8 Å². The Hall–Kier alpha value is -3.53. The van der Waals surface area contributed by atoms with Crippen LogP contribution in [0.4, 0.5) is 0 Å². The number of hydrogen-bond acceptors (Lipinski definition) is 7. The molecule has 7 nitrogen and oxygen atoms in total. The zero-order chi connectivity index (χ0) is 29.5. The Kier molecular flexibility index (Phi) is 7.92. The number of phenols is 1. The highest BCUT2D eigenvalue weighted by molar-refractivity contribution is 7.09. The number of imide groups is 1. The summed E-state index contributed by atoms with van der Waals surface area (Å²) in [6.45, 7) is 6.13. The monoisotopic (exact) mass is 582 g/mol. The molecule has 2 N–H and O–H groups in total. The van der Waals surface area contributed by atoms with E-state index in [9.17, 15) is 19.7 Å². The van der Waals surface area contributed by atoms with Crippen molar-refractivity contribution in [1.29, 1.82) is 0 Å². The maximum absolute atomic E-state index is 13.7. The number of phenolic OH excluding ortho intramolecular Hbond substituents is 1. The normalized spacial score (nSPS) is 24.3. The molecule has 2 fully saturated rings. The van der Waals surface area contributed by atoms with Crippen molar-refractivity contribution >= 4 is 41.9 Å². The van der Waals surface area contributed by atoms with Gasteiger partial charge in [0.05, 0.1) is 30.2 Å². The van der Waals surface area contributed by atoms with E-state index in [0.717, 1.165) is 44.0 Å². The Labute approximate surface area is 250 Å². The lowest BCUT2D eigenvalue weighted by Gasteiger charge is -2.42. The van der Waals surface area contributed by atoms with Crippen molar-refractivity contribution in [3.8, 4) is 5.75 Å². The number of hydrogen-bond donors (Lipinski definition) is 2. The highest BCUT2D eigenvalue weighted by Crippen LogP contribution is 2.51. The topological polar surface area (TPSA) is 100.0 Å². The van der Waals surface area contributed by atoms with Crippen molar-refractivity contribution in [2.75, 3.05) is 0 Å². The van der Waals surface area contributed by atoms with Crippen molar-refractivity contribution in [2.45, 2.75) is 59.0 Å². The van der Waals surface area contributed by atoms with Crippen LogP contribution in [-0.2, 0) is 20.8 Å². The van der Waals surface area contributed by atoms with Crippen LogP contribution in [0.5, 0.6) is 5.75 Å². The first-order valence-corrected chi connectivity index (χ1v) is 15.4. The van der Waals surface area contributed by atoms with Crippen LogP contribution in [0.2, 0.25) is 6.32 Å². The van der Waals surface area contributed by atoms with E-state index in [-0.39, 0.29) is 29.8 Å². The summed E-state index contributed by atoms with van der Waals surface area (Å²) >= 11 is 1.54. The minimum atomic E-state index is -1.01. The number of benzene rings is 1. The first kappa shape index (κ1) is 28.6. The first-order chi connectivity index (χ1) is 20.2. The zero-order valence-corrected chi connectivity index (χ0v) is 24.9. The number of aromatic hydroxyl groups is 1. The van der Waals surface area contributed by atoms with Gasteiger partial charge in [-0.2, -0.15) is 0 Å². The van der Waals surface area contributed by atoms with E-state index in [2.05, 4.69) is 11.1 Å². The van der Waals surface area contributed by atoms with Crippen molar-refractivity contribution in [2.24, 2.45) is 17.8 Å². The summed E-state index contributed by atoms with van der Waals surface area (Å²) in [7, 11) is -1.01. The van der Waals surface area contributed by atoms with Crippen molar-refractivity contribution in [3.05, 3.63) is 92.4 Å². The molecule has 216 valence electrons. The molecule has 0 spiro atoms. The summed E-state index contributed by atoms with van der Waals surface area (Å²) in [5.41, 5.74) is 6.62. The molecule has 0 saturated carbocycles. The molecule has 3 aliphatic rings. The van der Waals surface area contributed by atoms with Crippen molar-refractivity contribution in [1.82, 2.24) is 9.88 Å². The molecule has 0 unspecified atom stereocenters. The van der Waals surface area contributed by atoms with Gasteiger partial charge in [0, 0.05) is 11.1 Å². The molecule has 2 aliphatic heterocycles. The van der Waals surface area contributed by atoms with Gasteiger partial charge < -0.3 is 14.8 Å². The highest BCUT2D eigenvalue weighted by atomic mass is 32.1. The van der Waals surface area contributed by atoms with Crippen LogP contribution in [0.15, 0.2) is 65.2 Å². The number of pyridine rings is 1. The van der Waals surface area contributed by atoms with Gasteiger partial charge in [0.1, 0.15) is 5.75 Å². The van der Waals surface area contributed by atoms with Crippen LogP contribution >= 0.6 is 11.3 Å². The second-order valence-electron chi connectivity index (χ2n) is 11.8. The summed E-state index contributed by atoms with van der Waals surface area (Å²) in [5, 5.41) is 23.1. The Bertz CT molecular complexity index is 1550. The molecule has 1 aliphatic carbocycles. The fourth-order valence-electron chi connectivity index (χ4n) is 7.09. The third-order valence-electron chi connectivity index (χ3n) is 8.96. The van der Waals surface area contributed by atoms with Crippen LogP contribution in [0.1, 0.15) is 53.4 Å².